The van der Waals surface area contributed by atoms with Gasteiger partial charge in [0.05, 0.1) is 5.69 Å². The lowest BCUT2D eigenvalue weighted by Crippen LogP contribution is -2.30. The van der Waals surface area contributed by atoms with Crippen LogP contribution in [0.5, 0.6) is 0 Å². The molecule has 0 aliphatic heterocycles. The van der Waals surface area contributed by atoms with E-state index in [1.807, 2.05) is 20.8 Å². The molecule has 1 atom stereocenters. The quantitative estimate of drug-likeness (QED) is 0.806. The first-order valence-electron chi connectivity index (χ1n) is 5.78. The Morgan fingerprint density at radius 2 is 1.94 bits per heavy atom. The number of benzene rings is 1. The zero-order valence-electron chi connectivity index (χ0n) is 10.8. The second-order valence-electron chi connectivity index (χ2n) is 4.76. The normalized spacial score (nSPS) is 13.8. The molecule has 0 saturated carbocycles. The van der Waals surface area contributed by atoms with E-state index in [0.29, 0.717) is 12.5 Å². The highest BCUT2D eigenvalue weighted by molar-refractivity contribution is 7.89. The molecule has 18 heavy (non-hydrogen) atoms. The lowest BCUT2D eigenvalue weighted by Gasteiger charge is -2.16. The van der Waals surface area contributed by atoms with Crippen LogP contribution in [0.3, 0.4) is 0 Å². The average Bonchev–Trinajstić information content (AvgIpc) is 2.29. The van der Waals surface area contributed by atoms with Gasteiger partial charge in [-0.3, -0.25) is 0 Å². The van der Waals surface area contributed by atoms with Crippen LogP contribution in [0.4, 0.5) is 10.1 Å². The molecule has 6 heteroatoms. The Kier molecular flexibility index (Phi) is 4.70. The lowest BCUT2D eigenvalue weighted by atomic mass is 9.99. The van der Waals surface area contributed by atoms with Crippen LogP contribution in [0.15, 0.2) is 23.1 Å². The maximum absolute atomic E-state index is 13.1. The minimum atomic E-state index is -3.76. The molecule has 0 heterocycles. The molecule has 0 saturated heterocycles. The maximum Gasteiger partial charge on any atom is 0.242 e. The Bertz CT molecular complexity index is 515. The first-order chi connectivity index (χ1) is 8.24. The number of nitrogen functional groups attached to an aromatic ring is 1. The number of hydrogen-bond donors (Lipinski definition) is 2. The van der Waals surface area contributed by atoms with Gasteiger partial charge in [0.15, 0.2) is 0 Å². The molecule has 0 bridgehead atoms. The Hall–Kier alpha value is -1.14. The minimum Gasteiger partial charge on any atom is -0.398 e. The predicted molar refractivity (Wildman–Crippen MR) is 70.0 cm³/mol. The van der Waals surface area contributed by atoms with E-state index in [1.54, 1.807) is 0 Å². The zero-order chi connectivity index (χ0) is 13.9. The third-order valence-electron chi connectivity index (χ3n) is 3.00. The first kappa shape index (κ1) is 14.9. The van der Waals surface area contributed by atoms with Gasteiger partial charge in [0, 0.05) is 6.54 Å². The molecule has 0 aliphatic rings. The van der Waals surface area contributed by atoms with E-state index in [0.717, 1.165) is 12.1 Å². The van der Waals surface area contributed by atoms with Crippen molar-refractivity contribution < 1.29 is 12.8 Å². The minimum absolute atomic E-state index is 0.0427. The van der Waals surface area contributed by atoms with Crippen LogP contribution >= 0.6 is 0 Å². The van der Waals surface area contributed by atoms with Gasteiger partial charge in [-0.15, -0.1) is 0 Å². The van der Waals surface area contributed by atoms with Gasteiger partial charge in [-0.05, 0) is 30.0 Å². The standard InChI is InChI=1S/C12H19FN2O2S/c1-8(2)9(3)7-15-18(16,17)12-6-10(13)4-5-11(12)14/h4-6,8-9,15H,7,14H2,1-3H3. The van der Waals surface area contributed by atoms with Gasteiger partial charge < -0.3 is 5.73 Å². The van der Waals surface area contributed by atoms with Crippen molar-refractivity contribution in [3.05, 3.63) is 24.0 Å². The molecular formula is C12H19FN2O2S. The van der Waals surface area contributed by atoms with Crippen molar-refractivity contribution in [1.29, 1.82) is 0 Å². The Labute approximate surface area is 107 Å². The summed E-state index contributed by atoms with van der Waals surface area (Å²) in [4.78, 5) is -0.210. The number of nitrogens with two attached hydrogens (primary N) is 1. The highest BCUT2D eigenvalue weighted by Gasteiger charge is 2.19. The van der Waals surface area contributed by atoms with E-state index in [2.05, 4.69) is 4.72 Å². The number of halogens is 1. The zero-order valence-corrected chi connectivity index (χ0v) is 11.6. The fourth-order valence-corrected chi connectivity index (χ4v) is 2.58. The van der Waals surface area contributed by atoms with Crippen LogP contribution in [-0.2, 0) is 10.0 Å². The monoisotopic (exact) mass is 274 g/mol. The average molecular weight is 274 g/mol. The van der Waals surface area contributed by atoms with Crippen molar-refractivity contribution in [2.75, 3.05) is 12.3 Å². The van der Waals surface area contributed by atoms with Gasteiger partial charge in [0.2, 0.25) is 10.0 Å². The fourth-order valence-electron chi connectivity index (χ4n) is 1.30. The first-order valence-corrected chi connectivity index (χ1v) is 7.27. The van der Waals surface area contributed by atoms with Gasteiger partial charge >= 0.3 is 0 Å². The van der Waals surface area contributed by atoms with Crippen molar-refractivity contribution >= 4 is 15.7 Å². The van der Waals surface area contributed by atoms with Crippen LogP contribution in [0, 0.1) is 17.7 Å². The van der Waals surface area contributed by atoms with Crippen LogP contribution in [-0.4, -0.2) is 15.0 Å². The van der Waals surface area contributed by atoms with Crippen molar-refractivity contribution in [3.63, 3.8) is 0 Å². The molecule has 0 spiro atoms. The number of hydrogen-bond acceptors (Lipinski definition) is 3. The second kappa shape index (κ2) is 5.67. The van der Waals surface area contributed by atoms with E-state index in [4.69, 9.17) is 5.73 Å². The Morgan fingerprint density at radius 1 is 1.33 bits per heavy atom. The van der Waals surface area contributed by atoms with E-state index in [-0.39, 0.29) is 16.5 Å². The highest BCUT2D eigenvalue weighted by Crippen LogP contribution is 2.19. The Morgan fingerprint density at radius 3 is 2.50 bits per heavy atom. The molecule has 0 amide bonds. The largest absolute Gasteiger partial charge is 0.398 e. The maximum atomic E-state index is 13.1. The molecule has 0 aromatic heterocycles. The van der Waals surface area contributed by atoms with Gasteiger partial charge in [-0.2, -0.15) is 0 Å². The molecule has 0 radical (unpaired) electrons. The molecule has 0 fully saturated rings. The molecule has 4 nitrogen and oxygen atoms in total. The molecule has 1 unspecified atom stereocenters. The van der Waals surface area contributed by atoms with Crippen molar-refractivity contribution in [2.45, 2.75) is 25.7 Å². The molecule has 3 N–H and O–H groups in total. The van der Waals surface area contributed by atoms with Crippen molar-refractivity contribution in [1.82, 2.24) is 4.72 Å². The summed E-state index contributed by atoms with van der Waals surface area (Å²) in [7, 11) is -3.76. The van der Waals surface area contributed by atoms with Crippen LogP contribution in [0.25, 0.3) is 0 Å². The molecular weight excluding hydrogens is 255 g/mol. The third-order valence-corrected chi connectivity index (χ3v) is 4.48. The number of anilines is 1. The van der Waals surface area contributed by atoms with Gasteiger partial charge in [0.1, 0.15) is 10.7 Å². The second-order valence-corrected chi connectivity index (χ2v) is 6.49. The van der Waals surface area contributed by atoms with E-state index < -0.39 is 15.8 Å². The Balaban J connectivity index is 2.90. The predicted octanol–water partition coefficient (Wildman–Crippen LogP) is 1.98. The van der Waals surface area contributed by atoms with Gasteiger partial charge in [0.25, 0.3) is 0 Å². The highest BCUT2D eigenvalue weighted by atomic mass is 32.2. The van der Waals surface area contributed by atoms with Crippen molar-refractivity contribution in [3.8, 4) is 0 Å². The fraction of sp³-hybridized carbons (Fsp3) is 0.500. The number of sulfonamides is 1. The summed E-state index contributed by atoms with van der Waals surface area (Å²) in [6, 6.07) is 3.30. The molecule has 1 aromatic rings. The summed E-state index contributed by atoms with van der Waals surface area (Å²) in [5.74, 6) is -0.0754. The number of nitrogens with one attached hydrogen (secondary N) is 1. The third kappa shape index (κ3) is 3.68. The SMILES string of the molecule is CC(C)C(C)CNS(=O)(=O)c1cc(F)ccc1N. The van der Waals surface area contributed by atoms with E-state index in [9.17, 15) is 12.8 Å². The molecule has 1 rings (SSSR count). The van der Waals surface area contributed by atoms with Crippen LogP contribution in [0.2, 0.25) is 0 Å². The summed E-state index contributed by atoms with van der Waals surface area (Å²) < 4.78 is 39.5. The molecule has 1 aromatic carbocycles. The summed E-state index contributed by atoms with van der Waals surface area (Å²) in [6.45, 7) is 6.27. The molecule has 0 aliphatic carbocycles. The lowest BCUT2D eigenvalue weighted by molar-refractivity contribution is 0.414. The number of rotatable bonds is 5. The van der Waals surface area contributed by atoms with Crippen LogP contribution in [0.1, 0.15) is 20.8 Å². The summed E-state index contributed by atoms with van der Waals surface area (Å²) >= 11 is 0. The smallest absolute Gasteiger partial charge is 0.242 e. The summed E-state index contributed by atoms with van der Waals surface area (Å²) in [5.41, 5.74) is 5.60. The molecule has 102 valence electrons. The summed E-state index contributed by atoms with van der Waals surface area (Å²) in [6.07, 6.45) is 0. The van der Waals surface area contributed by atoms with E-state index in [1.165, 1.54) is 6.07 Å². The van der Waals surface area contributed by atoms with Gasteiger partial charge in [-0.25, -0.2) is 17.5 Å². The van der Waals surface area contributed by atoms with Crippen molar-refractivity contribution in [2.24, 2.45) is 11.8 Å². The van der Waals surface area contributed by atoms with Gasteiger partial charge in [-0.1, -0.05) is 20.8 Å². The van der Waals surface area contributed by atoms with Crippen LogP contribution < -0.4 is 10.5 Å². The summed E-state index contributed by atoms with van der Waals surface area (Å²) in [5, 5.41) is 0. The van der Waals surface area contributed by atoms with E-state index >= 15 is 0 Å². The topological polar surface area (TPSA) is 72.2 Å².